The van der Waals surface area contributed by atoms with Crippen molar-refractivity contribution in [1.29, 1.82) is 0 Å². The first-order valence-electron chi connectivity index (χ1n) is 9.67. The summed E-state index contributed by atoms with van der Waals surface area (Å²) in [5.41, 5.74) is 5.59. The van der Waals surface area contributed by atoms with Crippen LogP contribution in [-0.2, 0) is 14.4 Å². The first-order valence-corrected chi connectivity index (χ1v) is 10.1. The van der Waals surface area contributed by atoms with Gasteiger partial charge in [-0.3, -0.25) is 23.7 Å². The molecule has 1 saturated heterocycles. The summed E-state index contributed by atoms with van der Waals surface area (Å²) in [5, 5.41) is 0. The molecular weight excluding hydrogens is 376 g/mol. The Kier molecular flexibility index (Phi) is 7.75. The second kappa shape index (κ2) is 8.86. The molecule has 0 bridgehead atoms. The van der Waals surface area contributed by atoms with Gasteiger partial charge in [-0.05, 0) is 31.1 Å². The number of hydrazine groups is 1. The third-order valence-corrected chi connectivity index (χ3v) is 6.02. The molecule has 1 aliphatic rings. The zero-order chi connectivity index (χ0) is 22.0. The van der Waals surface area contributed by atoms with Gasteiger partial charge in [0, 0.05) is 35.7 Å². The van der Waals surface area contributed by atoms with Crippen LogP contribution in [0, 0.1) is 22.7 Å². The maximum Gasteiger partial charge on any atom is 0.232 e. The lowest BCUT2D eigenvalue weighted by atomic mass is 9.67. The van der Waals surface area contributed by atoms with Crippen LogP contribution in [0.5, 0.6) is 0 Å². The Morgan fingerprint density at radius 1 is 1.36 bits per heavy atom. The molecule has 1 aliphatic heterocycles. The van der Waals surface area contributed by atoms with Crippen LogP contribution in [0.2, 0.25) is 0 Å². The quantitative estimate of drug-likeness (QED) is 0.232. The maximum atomic E-state index is 12.8. The highest BCUT2D eigenvalue weighted by Crippen LogP contribution is 2.43. The Bertz CT molecular complexity index is 658. The minimum Gasteiger partial charge on any atom is -0.401 e. The van der Waals surface area contributed by atoms with Gasteiger partial charge in [0.05, 0.1) is 0 Å². The van der Waals surface area contributed by atoms with Gasteiger partial charge in [0.2, 0.25) is 11.8 Å². The Labute approximate surface area is 174 Å². The van der Waals surface area contributed by atoms with Gasteiger partial charge in [-0.2, -0.15) is 0 Å². The summed E-state index contributed by atoms with van der Waals surface area (Å²) in [5.74, 6) is 4.82. The molecule has 0 spiro atoms. The van der Waals surface area contributed by atoms with Gasteiger partial charge >= 0.3 is 0 Å². The van der Waals surface area contributed by atoms with Crippen molar-refractivity contribution in [3.8, 4) is 0 Å². The molecule has 7 nitrogen and oxygen atoms in total. The minimum atomic E-state index is -0.567. The van der Waals surface area contributed by atoms with Crippen LogP contribution in [0.1, 0.15) is 67.7 Å². The minimum absolute atomic E-state index is 0.0769. The van der Waals surface area contributed by atoms with Crippen molar-refractivity contribution < 1.29 is 14.4 Å². The SMILES string of the molecule is CC(=O)C(C)(C)CC(C)(C)C(CC(C)/C(N)=C/N(N)S)N1C(=O)CC(C)C1=O. The number of nitrogens with two attached hydrogens (primary N) is 2. The molecule has 0 aromatic rings. The van der Waals surface area contributed by atoms with E-state index in [0.717, 1.165) is 4.41 Å². The van der Waals surface area contributed by atoms with Crippen LogP contribution >= 0.6 is 12.8 Å². The number of rotatable bonds is 9. The first kappa shape index (κ1) is 24.5. The van der Waals surface area contributed by atoms with Gasteiger partial charge in [0.15, 0.2) is 0 Å². The van der Waals surface area contributed by atoms with Gasteiger partial charge in [0.25, 0.3) is 0 Å². The van der Waals surface area contributed by atoms with Crippen molar-refractivity contribution in [2.45, 2.75) is 73.8 Å². The van der Waals surface area contributed by atoms with Crippen LogP contribution in [0.3, 0.4) is 0 Å². The van der Waals surface area contributed by atoms with Crippen LogP contribution in [0.4, 0.5) is 0 Å². The average molecular weight is 413 g/mol. The summed E-state index contributed by atoms with van der Waals surface area (Å²) in [6, 6.07) is -0.385. The number of hydrogen-bond donors (Lipinski definition) is 3. The van der Waals surface area contributed by atoms with Crippen LogP contribution in [-0.4, -0.2) is 33.0 Å². The molecule has 3 unspecified atom stereocenters. The first-order chi connectivity index (χ1) is 12.6. The summed E-state index contributed by atoms with van der Waals surface area (Å²) in [6.45, 7) is 13.1. The molecule has 28 heavy (non-hydrogen) atoms. The lowest BCUT2D eigenvalue weighted by Gasteiger charge is -2.44. The summed E-state index contributed by atoms with van der Waals surface area (Å²) in [6.07, 6.45) is 2.74. The highest BCUT2D eigenvalue weighted by molar-refractivity contribution is 7.77. The summed E-state index contributed by atoms with van der Waals surface area (Å²) in [7, 11) is 0. The lowest BCUT2D eigenvalue weighted by Crippen LogP contribution is -2.51. The summed E-state index contributed by atoms with van der Waals surface area (Å²) >= 11 is 3.98. The molecule has 0 aromatic carbocycles. The molecule has 4 N–H and O–H groups in total. The highest BCUT2D eigenvalue weighted by Gasteiger charge is 2.48. The van der Waals surface area contributed by atoms with Crippen molar-refractivity contribution in [3.05, 3.63) is 11.9 Å². The summed E-state index contributed by atoms with van der Waals surface area (Å²) in [4.78, 5) is 39.0. The number of nitrogens with zero attached hydrogens (tertiary/aromatic N) is 2. The third kappa shape index (κ3) is 5.73. The predicted molar refractivity (Wildman–Crippen MR) is 113 cm³/mol. The number of carbonyl (C=O) groups is 3. The molecule has 0 saturated carbocycles. The fourth-order valence-electron chi connectivity index (χ4n) is 4.04. The topological polar surface area (TPSA) is 110 Å². The van der Waals surface area contributed by atoms with Gasteiger partial charge in [-0.1, -0.05) is 54.4 Å². The molecule has 0 aromatic heterocycles. The number of likely N-dealkylation sites (tertiary alicyclic amines) is 1. The van der Waals surface area contributed by atoms with Crippen molar-refractivity contribution in [3.63, 3.8) is 0 Å². The van der Waals surface area contributed by atoms with Gasteiger partial charge in [-0.25, -0.2) is 5.84 Å². The smallest absolute Gasteiger partial charge is 0.232 e. The molecule has 1 rings (SSSR count). The van der Waals surface area contributed by atoms with Crippen LogP contribution in [0.25, 0.3) is 0 Å². The van der Waals surface area contributed by atoms with E-state index < -0.39 is 10.8 Å². The molecule has 1 heterocycles. The molecule has 2 amide bonds. The molecule has 8 heteroatoms. The number of thiol groups is 1. The zero-order valence-corrected chi connectivity index (χ0v) is 19.0. The van der Waals surface area contributed by atoms with Crippen LogP contribution < -0.4 is 11.6 Å². The van der Waals surface area contributed by atoms with Crippen molar-refractivity contribution in [2.75, 3.05) is 0 Å². The van der Waals surface area contributed by atoms with E-state index in [9.17, 15) is 14.4 Å². The third-order valence-electron chi connectivity index (χ3n) is 5.90. The van der Waals surface area contributed by atoms with E-state index in [1.807, 2.05) is 34.6 Å². The zero-order valence-electron chi connectivity index (χ0n) is 18.2. The Morgan fingerprint density at radius 3 is 2.29 bits per heavy atom. The molecule has 160 valence electrons. The van der Waals surface area contributed by atoms with E-state index in [1.54, 1.807) is 13.8 Å². The number of allylic oxidation sites excluding steroid dienone is 1. The van der Waals surface area contributed by atoms with Crippen molar-refractivity contribution >= 4 is 30.4 Å². The van der Waals surface area contributed by atoms with Crippen molar-refractivity contribution in [1.82, 2.24) is 9.31 Å². The second-order valence-electron chi connectivity index (χ2n) is 9.47. The average Bonchev–Trinajstić information content (AvgIpc) is 2.75. The molecule has 3 atom stereocenters. The standard InChI is InChI=1S/C20H36N4O3S/c1-12(15(21)10-23(22)28)8-16(24-17(26)9-13(2)18(24)27)20(6,7)11-19(4,5)14(3)25/h10,12-13,16,28H,8-9,11,21-22H2,1-7H3/b15-10-. The van der Waals surface area contributed by atoms with E-state index in [0.29, 0.717) is 18.5 Å². The number of hydrogen-bond acceptors (Lipinski definition) is 7. The molecule has 0 aliphatic carbocycles. The number of carbonyl (C=O) groups excluding carboxylic acids is 3. The molecule has 1 fully saturated rings. The van der Waals surface area contributed by atoms with E-state index in [2.05, 4.69) is 12.8 Å². The van der Waals surface area contributed by atoms with Gasteiger partial charge < -0.3 is 5.73 Å². The van der Waals surface area contributed by atoms with Gasteiger partial charge in [0.1, 0.15) is 5.78 Å². The monoisotopic (exact) mass is 412 g/mol. The fraction of sp³-hybridized carbons (Fsp3) is 0.750. The van der Waals surface area contributed by atoms with E-state index >= 15 is 0 Å². The normalized spacial score (nSPS) is 21.1. The Hall–Kier alpha value is -1.54. The lowest BCUT2D eigenvalue weighted by molar-refractivity contribution is -0.146. The maximum absolute atomic E-state index is 12.8. The number of ketones is 1. The number of amides is 2. The van der Waals surface area contributed by atoms with E-state index in [-0.39, 0.29) is 41.9 Å². The van der Waals surface area contributed by atoms with E-state index in [1.165, 1.54) is 11.1 Å². The van der Waals surface area contributed by atoms with Crippen molar-refractivity contribution in [2.24, 2.45) is 34.2 Å². The van der Waals surface area contributed by atoms with Crippen LogP contribution in [0.15, 0.2) is 11.9 Å². The Balaban J connectivity index is 3.30. The molecule has 0 radical (unpaired) electrons. The van der Waals surface area contributed by atoms with Gasteiger partial charge in [-0.15, -0.1) is 0 Å². The summed E-state index contributed by atoms with van der Waals surface area (Å²) < 4.78 is 1.08. The number of imide groups is 1. The largest absolute Gasteiger partial charge is 0.401 e. The predicted octanol–water partition coefficient (Wildman–Crippen LogP) is 2.63. The highest BCUT2D eigenvalue weighted by atomic mass is 32.1. The second-order valence-corrected chi connectivity index (χ2v) is 9.94. The molecular formula is C20H36N4O3S. The number of Topliss-reactive ketones (excluding diaryl/α,β-unsaturated/α-hetero) is 1. The fourth-order valence-corrected chi connectivity index (χ4v) is 4.17. The Morgan fingerprint density at radius 2 is 1.89 bits per heavy atom. The van der Waals surface area contributed by atoms with E-state index in [4.69, 9.17) is 11.6 Å².